The smallest absolute Gasteiger partial charge is 0.156 e. The van der Waals surface area contributed by atoms with Gasteiger partial charge in [-0.1, -0.05) is 36.0 Å². The van der Waals surface area contributed by atoms with E-state index in [1.165, 1.54) is 43.5 Å². The van der Waals surface area contributed by atoms with Crippen LogP contribution in [0.2, 0.25) is 10.0 Å². The molecule has 2 aromatic heterocycles. The van der Waals surface area contributed by atoms with Crippen molar-refractivity contribution in [3.05, 3.63) is 33.7 Å². The molecule has 19 heavy (non-hydrogen) atoms. The number of imidazole rings is 1. The summed E-state index contributed by atoms with van der Waals surface area (Å²) in [6.07, 6.45) is 11.0. The summed E-state index contributed by atoms with van der Waals surface area (Å²) in [5, 5.41) is 1.34. The molecule has 2 aliphatic carbocycles. The van der Waals surface area contributed by atoms with Crippen molar-refractivity contribution in [2.24, 2.45) is 5.41 Å². The lowest BCUT2D eigenvalue weighted by Crippen LogP contribution is -2.26. The molecule has 0 amide bonds. The molecule has 100 valence electrons. The molecule has 0 N–H and O–H groups in total. The summed E-state index contributed by atoms with van der Waals surface area (Å²) in [4.78, 5) is 4.72. The Morgan fingerprint density at radius 2 is 1.95 bits per heavy atom. The lowest BCUT2D eigenvalue weighted by atomic mass is 9.73. The van der Waals surface area contributed by atoms with Crippen LogP contribution in [-0.2, 0) is 12.8 Å². The number of rotatable bonds is 0. The van der Waals surface area contributed by atoms with Crippen LogP contribution in [0, 0.1) is 5.41 Å². The number of hydrogen-bond acceptors (Lipinski definition) is 1. The molecule has 0 saturated heterocycles. The van der Waals surface area contributed by atoms with Crippen LogP contribution in [0.25, 0.3) is 5.65 Å². The molecule has 0 bridgehead atoms. The van der Waals surface area contributed by atoms with E-state index in [2.05, 4.69) is 4.40 Å². The second kappa shape index (κ2) is 4.13. The third kappa shape index (κ3) is 1.80. The van der Waals surface area contributed by atoms with Gasteiger partial charge in [0.15, 0.2) is 5.65 Å². The normalized spacial score (nSPS) is 21.2. The molecular formula is C15H16Cl2N2. The van der Waals surface area contributed by atoms with Crippen molar-refractivity contribution in [3.63, 3.8) is 0 Å². The maximum absolute atomic E-state index is 6.27. The molecule has 4 rings (SSSR count). The van der Waals surface area contributed by atoms with Crippen molar-refractivity contribution < 1.29 is 0 Å². The van der Waals surface area contributed by atoms with Crippen LogP contribution in [0.5, 0.6) is 0 Å². The van der Waals surface area contributed by atoms with Gasteiger partial charge in [0.25, 0.3) is 0 Å². The Labute approximate surface area is 122 Å². The van der Waals surface area contributed by atoms with Gasteiger partial charge in [0, 0.05) is 11.9 Å². The third-order valence-corrected chi connectivity index (χ3v) is 5.41. The minimum Gasteiger partial charge on any atom is -0.301 e. The zero-order valence-corrected chi connectivity index (χ0v) is 12.3. The van der Waals surface area contributed by atoms with E-state index in [-0.39, 0.29) is 0 Å². The molecule has 0 radical (unpaired) electrons. The number of halogens is 2. The van der Waals surface area contributed by atoms with Gasteiger partial charge in [-0.3, -0.25) is 0 Å². The van der Waals surface area contributed by atoms with Crippen LogP contribution in [-0.4, -0.2) is 9.38 Å². The standard InChI is InChI=1S/C15H16Cl2N2/c16-10-7-11(17)14-18-12-3-6-15(4-1-2-5-15)8-13(12)19(14)9-10/h7,9H,1-6,8H2. The maximum atomic E-state index is 6.27. The fourth-order valence-electron chi connectivity index (χ4n) is 3.93. The minimum absolute atomic E-state index is 0.526. The highest BCUT2D eigenvalue weighted by Crippen LogP contribution is 2.48. The van der Waals surface area contributed by atoms with Gasteiger partial charge in [-0.2, -0.15) is 0 Å². The van der Waals surface area contributed by atoms with Gasteiger partial charge >= 0.3 is 0 Å². The fraction of sp³-hybridized carbons (Fsp3) is 0.533. The number of fused-ring (bicyclic) bond motifs is 3. The quantitative estimate of drug-likeness (QED) is 0.689. The highest BCUT2D eigenvalue weighted by molar-refractivity contribution is 6.36. The van der Waals surface area contributed by atoms with E-state index in [0.717, 1.165) is 18.5 Å². The second-order valence-electron chi connectivity index (χ2n) is 6.09. The highest BCUT2D eigenvalue weighted by Gasteiger charge is 2.38. The van der Waals surface area contributed by atoms with E-state index in [4.69, 9.17) is 28.2 Å². The molecule has 0 unspecified atom stereocenters. The Balaban J connectivity index is 1.89. The van der Waals surface area contributed by atoms with Gasteiger partial charge in [-0.05, 0) is 43.6 Å². The minimum atomic E-state index is 0.526. The first-order valence-corrected chi connectivity index (χ1v) is 7.77. The molecule has 1 saturated carbocycles. The Hall–Kier alpha value is -0.730. The Morgan fingerprint density at radius 3 is 2.74 bits per heavy atom. The van der Waals surface area contributed by atoms with Gasteiger partial charge in [0.05, 0.1) is 15.7 Å². The summed E-state index contributed by atoms with van der Waals surface area (Å²) >= 11 is 12.4. The van der Waals surface area contributed by atoms with Crippen LogP contribution >= 0.6 is 23.2 Å². The summed E-state index contributed by atoms with van der Waals surface area (Å²) in [6, 6.07) is 1.78. The van der Waals surface area contributed by atoms with Crippen molar-refractivity contribution in [2.45, 2.75) is 44.9 Å². The number of nitrogens with zero attached hydrogens (tertiary/aromatic N) is 2. The topological polar surface area (TPSA) is 17.3 Å². The lowest BCUT2D eigenvalue weighted by molar-refractivity contribution is 0.250. The lowest BCUT2D eigenvalue weighted by Gasteiger charge is -2.32. The van der Waals surface area contributed by atoms with E-state index < -0.39 is 0 Å². The van der Waals surface area contributed by atoms with E-state index in [9.17, 15) is 0 Å². The molecule has 2 aromatic rings. The van der Waals surface area contributed by atoms with Gasteiger partial charge in [0.2, 0.25) is 0 Å². The SMILES string of the molecule is Clc1cc(Cl)c2nc3c(n2c1)CC1(CCCC1)CC3. The van der Waals surface area contributed by atoms with Crippen LogP contribution in [0.15, 0.2) is 12.3 Å². The maximum Gasteiger partial charge on any atom is 0.156 e. The van der Waals surface area contributed by atoms with Crippen LogP contribution < -0.4 is 0 Å². The van der Waals surface area contributed by atoms with E-state index in [1.54, 1.807) is 6.07 Å². The van der Waals surface area contributed by atoms with Crippen molar-refractivity contribution in [1.82, 2.24) is 9.38 Å². The third-order valence-electron chi connectivity index (χ3n) is 4.92. The average Bonchev–Trinajstić information content (AvgIpc) is 2.96. The average molecular weight is 295 g/mol. The molecule has 2 nitrogen and oxygen atoms in total. The molecule has 4 heteroatoms. The van der Waals surface area contributed by atoms with Crippen LogP contribution in [0.1, 0.15) is 43.5 Å². The van der Waals surface area contributed by atoms with Gasteiger partial charge in [-0.25, -0.2) is 4.98 Å². The van der Waals surface area contributed by atoms with Gasteiger partial charge in [0.1, 0.15) is 0 Å². The number of hydrogen-bond donors (Lipinski definition) is 0. The van der Waals surface area contributed by atoms with E-state index in [0.29, 0.717) is 15.5 Å². The van der Waals surface area contributed by atoms with Crippen LogP contribution in [0.4, 0.5) is 0 Å². The second-order valence-corrected chi connectivity index (χ2v) is 6.93. The molecule has 0 atom stereocenters. The van der Waals surface area contributed by atoms with Crippen molar-refractivity contribution in [2.75, 3.05) is 0 Å². The predicted octanol–water partition coefficient (Wildman–Crippen LogP) is 4.69. The Kier molecular flexibility index (Phi) is 2.62. The predicted molar refractivity (Wildman–Crippen MR) is 78.1 cm³/mol. The van der Waals surface area contributed by atoms with Crippen molar-refractivity contribution >= 4 is 28.8 Å². The summed E-state index contributed by atoms with van der Waals surface area (Å²) in [7, 11) is 0. The first-order valence-electron chi connectivity index (χ1n) is 7.02. The first kappa shape index (κ1) is 12.0. The number of aryl methyl sites for hydroxylation is 1. The Bertz CT molecular complexity index is 654. The zero-order valence-electron chi connectivity index (χ0n) is 10.8. The van der Waals surface area contributed by atoms with Gasteiger partial charge < -0.3 is 4.40 Å². The Morgan fingerprint density at radius 1 is 1.16 bits per heavy atom. The van der Waals surface area contributed by atoms with E-state index >= 15 is 0 Å². The zero-order chi connectivity index (χ0) is 13.0. The van der Waals surface area contributed by atoms with Crippen molar-refractivity contribution in [3.8, 4) is 0 Å². The van der Waals surface area contributed by atoms with Gasteiger partial charge in [-0.15, -0.1) is 0 Å². The summed E-state index contributed by atoms with van der Waals surface area (Å²) in [5.74, 6) is 0. The summed E-state index contributed by atoms with van der Waals surface area (Å²) in [6.45, 7) is 0. The van der Waals surface area contributed by atoms with Crippen LogP contribution in [0.3, 0.4) is 0 Å². The summed E-state index contributed by atoms with van der Waals surface area (Å²) < 4.78 is 2.12. The molecule has 1 fully saturated rings. The molecular weight excluding hydrogens is 279 g/mol. The first-order chi connectivity index (χ1) is 9.17. The molecule has 2 heterocycles. The molecule has 1 spiro atoms. The molecule has 0 aliphatic heterocycles. The van der Waals surface area contributed by atoms with Crippen molar-refractivity contribution in [1.29, 1.82) is 0 Å². The van der Waals surface area contributed by atoms with E-state index in [1.807, 2.05) is 6.20 Å². The monoisotopic (exact) mass is 294 g/mol. The summed E-state index contributed by atoms with van der Waals surface area (Å²) in [5.41, 5.74) is 3.96. The largest absolute Gasteiger partial charge is 0.301 e. The molecule has 0 aromatic carbocycles. The highest BCUT2D eigenvalue weighted by atomic mass is 35.5. The fourth-order valence-corrected chi connectivity index (χ4v) is 4.45. The number of pyridine rings is 1. The molecule has 2 aliphatic rings. The number of aromatic nitrogens is 2.